The van der Waals surface area contributed by atoms with Crippen LogP contribution in [-0.2, 0) is 4.79 Å². The number of carboxylic acid groups (broad SMARTS) is 1. The maximum atomic E-state index is 11.0. The quantitative estimate of drug-likeness (QED) is 0.860. The summed E-state index contributed by atoms with van der Waals surface area (Å²) in [6, 6.07) is 6.38. The predicted molar refractivity (Wildman–Crippen MR) is 68.3 cm³/mol. The van der Waals surface area contributed by atoms with Crippen LogP contribution in [0, 0.1) is 19.8 Å². The highest BCUT2D eigenvalue weighted by Gasteiger charge is 2.30. The molecule has 1 unspecified atom stereocenters. The third kappa shape index (κ3) is 2.68. The van der Waals surface area contributed by atoms with Crippen LogP contribution in [0.3, 0.4) is 0 Å². The third-order valence-electron chi connectivity index (χ3n) is 4.07. The van der Waals surface area contributed by atoms with Gasteiger partial charge in [-0.15, -0.1) is 0 Å². The molecule has 0 heterocycles. The molecule has 1 fully saturated rings. The highest BCUT2D eigenvalue weighted by atomic mass is 16.4. The molecule has 0 saturated heterocycles. The molecule has 1 N–H and O–H groups in total. The van der Waals surface area contributed by atoms with Gasteiger partial charge in [0, 0.05) is 0 Å². The smallest absolute Gasteiger partial charge is 0.303 e. The molecule has 0 radical (unpaired) electrons. The predicted octanol–water partition coefficient (Wildman–Crippen LogP) is 3.66. The van der Waals surface area contributed by atoms with E-state index >= 15 is 0 Å². The van der Waals surface area contributed by atoms with Gasteiger partial charge in [0.25, 0.3) is 0 Å². The van der Waals surface area contributed by atoms with E-state index in [0.29, 0.717) is 5.92 Å². The van der Waals surface area contributed by atoms with Gasteiger partial charge in [-0.2, -0.15) is 0 Å². The summed E-state index contributed by atoms with van der Waals surface area (Å²) in [5.41, 5.74) is 3.74. The van der Waals surface area contributed by atoms with E-state index < -0.39 is 5.97 Å². The summed E-state index contributed by atoms with van der Waals surface area (Å²) in [7, 11) is 0. The van der Waals surface area contributed by atoms with Crippen molar-refractivity contribution in [2.24, 2.45) is 5.92 Å². The maximum absolute atomic E-state index is 11.0. The highest BCUT2D eigenvalue weighted by molar-refractivity contribution is 5.68. The van der Waals surface area contributed by atoms with Crippen LogP contribution in [0.2, 0.25) is 0 Å². The number of hydrogen-bond donors (Lipinski definition) is 1. The Balaban J connectivity index is 2.24. The number of rotatable bonds is 4. The largest absolute Gasteiger partial charge is 0.481 e. The van der Waals surface area contributed by atoms with Gasteiger partial charge >= 0.3 is 5.97 Å². The van der Waals surface area contributed by atoms with Crippen molar-refractivity contribution in [3.8, 4) is 0 Å². The molecule has 2 nitrogen and oxygen atoms in total. The maximum Gasteiger partial charge on any atom is 0.303 e. The van der Waals surface area contributed by atoms with Crippen LogP contribution in [-0.4, -0.2) is 11.1 Å². The number of aliphatic carboxylic acids is 1. The second-order valence-electron chi connectivity index (χ2n) is 5.24. The van der Waals surface area contributed by atoms with Gasteiger partial charge in [0.15, 0.2) is 0 Å². The minimum absolute atomic E-state index is 0.209. The van der Waals surface area contributed by atoms with Crippen LogP contribution in [0.5, 0.6) is 0 Å². The van der Waals surface area contributed by atoms with Crippen molar-refractivity contribution in [1.82, 2.24) is 0 Å². The first kappa shape index (κ1) is 12.2. The topological polar surface area (TPSA) is 37.3 Å². The molecule has 0 amide bonds. The standard InChI is InChI=1S/C15H20O2/c1-10-6-7-13(8-11(10)2)14(9-15(16)17)12-4-3-5-12/h6-8,12,14H,3-5,9H2,1-2H3,(H,16,17). The summed E-state index contributed by atoms with van der Waals surface area (Å²) in [4.78, 5) is 11.0. The third-order valence-corrected chi connectivity index (χ3v) is 4.07. The summed E-state index contributed by atoms with van der Waals surface area (Å²) in [5.74, 6) is 0.105. The van der Waals surface area contributed by atoms with Gasteiger partial charge in [0.2, 0.25) is 0 Å². The zero-order chi connectivity index (χ0) is 12.4. The summed E-state index contributed by atoms with van der Waals surface area (Å²) < 4.78 is 0. The molecular weight excluding hydrogens is 212 g/mol. The van der Waals surface area contributed by atoms with Gasteiger partial charge in [-0.1, -0.05) is 24.6 Å². The van der Waals surface area contributed by atoms with E-state index in [0.717, 1.165) is 0 Å². The Labute approximate surface area is 103 Å². The van der Waals surface area contributed by atoms with Crippen molar-refractivity contribution in [2.45, 2.75) is 45.4 Å². The Bertz CT molecular complexity index is 419. The van der Waals surface area contributed by atoms with Gasteiger partial charge in [-0.25, -0.2) is 0 Å². The molecule has 0 aliphatic heterocycles. The van der Waals surface area contributed by atoms with E-state index in [4.69, 9.17) is 5.11 Å². The van der Waals surface area contributed by atoms with Crippen LogP contribution in [0.1, 0.15) is 48.3 Å². The van der Waals surface area contributed by atoms with Gasteiger partial charge < -0.3 is 5.11 Å². The number of benzene rings is 1. The monoisotopic (exact) mass is 232 g/mol. The summed E-state index contributed by atoms with van der Waals surface area (Å²) >= 11 is 0. The van der Waals surface area contributed by atoms with E-state index in [2.05, 4.69) is 32.0 Å². The molecule has 0 bridgehead atoms. The number of hydrogen-bond acceptors (Lipinski definition) is 1. The Morgan fingerprint density at radius 1 is 1.35 bits per heavy atom. The van der Waals surface area contributed by atoms with Crippen LogP contribution >= 0.6 is 0 Å². The number of carboxylic acids is 1. The van der Waals surface area contributed by atoms with Crippen molar-refractivity contribution in [3.05, 3.63) is 34.9 Å². The Kier molecular flexibility index (Phi) is 3.51. The lowest BCUT2D eigenvalue weighted by Crippen LogP contribution is -2.22. The minimum Gasteiger partial charge on any atom is -0.481 e. The van der Waals surface area contributed by atoms with Crippen molar-refractivity contribution in [3.63, 3.8) is 0 Å². The Hall–Kier alpha value is -1.31. The molecule has 0 aromatic heterocycles. The molecule has 1 aromatic rings. The molecule has 1 aliphatic rings. The fraction of sp³-hybridized carbons (Fsp3) is 0.533. The first-order valence-electron chi connectivity index (χ1n) is 6.37. The lowest BCUT2D eigenvalue weighted by atomic mass is 9.71. The molecule has 2 heteroatoms. The molecule has 1 aliphatic carbocycles. The fourth-order valence-electron chi connectivity index (χ4n) is 2.58. The van der Waals surface area contributed by atoms with Crippen molar-refractivity contribution >= 4 is 5.97 Å². The van der Waals surface area contributed by atoms with Crippen LogP contribution in [0.4, 0.5) is 0 Å². The number of aryl methyl sites for hydroxylation is 2. The van der Waals surface area contributed by atoms with Crippen molar-refractivity contribution in [2.75, 3.05) is 0 Å². The molecule has 1 aromatic carbocycles. The molecule has 17 heavy (non-hydrogen) atoms. The zero-order valence-corrected chi connectivity index (χ0v) is 10.6. The fourth-order valence-corrected chi connectivity index (χ4v) is 2.58. The Morgan fingerprint density at radius 2 is 2.06 bits per heavy atom. The molecule has 1 atom stereocenters. The highest BCUT2D eigenvalue weighted by Crippen LogP contribution is 2.41. The van der Waals surface area contributed by atoms with Crippen molar-refractivity contribution < 1.29 is 9.90 Å². The van der Waals surface area contributed by atoms with Crippen LogP contribution < -0.4 is 0 Å². The van der Waals surface area contributed by atoms with Gasteiger partial charge in [-0.05, 0) is 55.2 Å². The first-order chi connectivity index (χ1) is 8.08. The van der Waals surface area contributed by atoms with E-state index in [9.17, 15) is 4.79 Å². The average molecular weight is 232 g/mol. The summed E-state index contributed by atoms with van der Waals surface area (Å²) in [6.07, 6.45) is 3.90. The molecule has 92 valence electrons. The number of carbonyl (C=O) groups is 1. The molecular formula is C15H20O2. The summed E-state index contributed by atoms with van der Waals surface area (Å²) in [5, 5.41) is 9.04. The van der Waals surface area contributed by atoms with E-state index in [1.54, 1.807) is 0 Å². The van der Waals surface area contributed by atoms with Crippen molar-refractivity contribution in [1.29, 1.82) is 0 Å². The zero-order valence-electron chi connectivity index (χ0n) is 10.6. The first-order valence-corrected chi connectivity index (χ1v) is 6.37. The lowest BCUT2D eigenvalue weighted by Gasteiger charge is -2.33. The van der Waals surface area contributed by atoms with Gasteiger partial charge in [0.1, 0.15) is 0 Å². The lowest BCUT2D eigenvalue weighted by molar-refractivity contribution is -0.138. The van der Waals surface area contributed by atoms with Crippen LogP contribution in [0.25, 0.3) is 0 Å². The molecule has 2 rings (SSSR count). The molecule has 1 saturated carbocycles. The van der Waals surface area contributed by atoms with E-state index in [1.165, 1.54) is 36.0 Å². The minimum atomic E-state index is -0.680. The average Bonchev–Trinajstić information content (AvgIpc) is 2.18. The van der Waals surface area contributed by atoms with E-state index in [-0.39, 0.29) is 12.3 Å². The second kappa shape index (κ2) is 4.91. The second-order valence-corrected chi connectivity index (χ2v) is 5.24. The Morgan fingerprint density at radius 3 is 2.53 bits per heavy atom. The van der Waals surface area contributed by atoms with Gasteiger partial charge in [0.05, 0.1) is 6.42 Å². The summed E-state index contributed by atoms with van der Waals surface area (Å²) in [6.45, 7) is 4.19. The SMILES string of the molecule is Cc1ccc(C(CC(=O)O)C2CCC2)cc1C. The normalized spacial score (nSPS) is 17.5. The van der Waals surface area contributed by atoms with E-state index in [1.807, 2.05) is 0 Å². The van der Waals surface area contributed by atoms with Crippen LogP contribution in [0.15, 0.2) is 18.2 Å². The van der Waals surface area contributed by atoms with Gasteiger partial charge in [-0.3, -0.25) is 4.79 Å². The molecule has 0 spiro atoms.